The first kappa shape index (κ1) is 24.1. The molecular weight excluding hydrogens is 472 g/mol. The predicted molar refractivity (Wildman–Crippen MR) is 151 cm³/mol. The van der Waals surface area contributed by atoms with E-state index in [4.69, 9.17) is 5.73 Å². The number of amides is 2. The van der Waals surface area contributed by atoms with Gasteiger partial charge in [-0.2, -0.15) is 0 Å². The molecule has 190 valence electrons. The second-order valence-electron chi connectivity index (χ2n) is 10.1. The Morgan fingerprint density at radius 3 is 2.32 bits per heavy atom. The summed E-state index contributed by atoms with van der Waals surface area (Å²) in [4.78, 5) is 31.2. The Labute approximate surface area is 222 Å². The van der Waals surface area contributed by atoms with E-state index in [2.05, 4.69) is 16.3 Å². The SMILES string of the molecule is N[C@@H]1C[C@@H]2CN(C(=O)c3ccc(NC(=O)c4ccccc4-c4ccccc4)cc3)c3ccccc3CN2C1. The fourth-order valence-corrected chi connectivity index (χ4v) is 5.64. The Hall–Kier alpha value is -4.26. The first-order valence-electron chi connectivity index (χ1n) is 13.0. The molecule has 4 aromatic rings. The molecule has 2 aliphatic rings. The quantitative estimate of drug-likeness (QED) is 0.404. The first-order valence-corrected chi connectivity index (χ1v) is 13.0. The van der Waals surface area contributed by atoms with E-state index >= 15 is 0 Å². The lowest BCUT2D eigenvalue weighted by Gasteiger charge is -2.26. The third kappa shape index (κ3) is 4.72. The number of hydrogen-bond donors (Lipinski definition) is 2. The van der Waals surface area contributed by atoms with Crippen LogP contribution in [0.2, 0.25) is 0 Å². The summed E-state index contributed by atoms with van der Waals surface area (Å²) in [6, 6.07) is 33.1. The van der Waals surface area contributed by atoms with Crippen LogP contribution in [0.3, 0.4) is 0 Å². The van der Waals surface area contributed by atoms with Gasteiger partial charge < -0.3 is 16.0 Å². The standard InChI is InChI=1S/C32H30N4O2/c33-25-18-27-21-36(30-13-7-4-10-24(30)19-35(27)20-25)32(38)23-14-16-26(17-15-23)34-31(37)29-12-6-5-11-28(29)22-8-2-1-3-9-22/h1-17,25,27H,18-21,33H2,(H,34,37)/t25-,27-/m1/s1. The number of hydrogen-bond acceptors (Lipinski definition) is 4. The third-order valence-electron chi connectivity index (χ3n) is 7.50. The van der Waals surface area contributed by atoms with E-state index in [-0.39, 0.29) is 23.9 Å². The lowest BCUT2D eigenvalue weighted by atomic mass is 9.99. The number of nitrogens with two attached hydrogens (primary N) is 1. The Morgan fingerprint density at radius 2 is 1.50 bits per heavy atom. The Balaban J connectivity index is 1.22. The van der Waals surface area contributed by atoms with Crippen molar-refractivity contribution in [2.45, 2.75) is 25.0 Å². The summed E-state index contributed by atoms with van der Waals surface area (Å²) in [5.74, 6) is -0.241. The van der Waals surface area contributed by atoms with Gasteiger partial charge in [-0.05, 0) is 59.5 Å². The number of nitrogens with zero attached hydrogens (tertiary/aromatic N) is 2. The van der Waals surface area contributed by atoms with Crippen molar-refractivity contribution < 1.29 is 9.59 Å². The second kappa shape index (κ2) is 10.2. The van der Waals surface area contributed by atoms with Crippen LogP contribution in [0.1, 0.15) is 32.7 Å². The molecule has 3 N–H and O–H groups in total. The van der Waals surface area contributed by atoms with Gasteiger partial charge in [0.15, 0.2) is 0 Å². The summed E-state index contributed by atoms with van der Waals surface area (Å²) in [7, 11) is 0. The zero-order valence-electron chi connectivity index (χ0n) is 21.1. The van der Waals surface area contributed by atoms with Crippen LogP contribution in [0.5, 0.6) is 0 Å². The number of nitrogens with one attached hydrogen (secondary N) is 1. The summed E-state index contributed by atoms with van der Waals surface area (Å²) >= 11 is 0. The molecule has 0 spiro atoms. The third-order valence-corrected chi connectivity index (χ3v) is 7.50. The van der Waals surface area contributed by atoms with Crippen LogP contribution in [0.25, 0.3) is 11.1 Å². The molecule has 6 heteroatoms. The van der Waals surface area contributed by atoms with Crippen LogP contribution in [-0.2, 0) is 6.54 Å². The van der Waals surface area contributed by atoms with E-state index in [0.717, 1.165) is 41.9 Å². The molecule has 0 unspecified atom stereocenters. The van der Waals surface area contributed by atoms with E-state index in [1.54, 1.807) is 24.3 Å². The number of para-hydroxylation sites is 1. The topological polar surface area (TPSA) is 78.7 Å². The number of anilines is 2. The molecule has 2 amide bonds. The highest BCUT2D eigenvalue weighted by molar-refractivity contribution is 6.10. The maximum atomic E-state index is 13.7. The molecule has 38 heavy (non-hydrogen) atoms. The smallest absolute Gasteiger partial charge is 0.258 e. The fourth-order valence-electron chi connectivity index (χ4n) is 5.64. The number of carbonyl (C=O) groups is 2. The summed E-state index contributed by atoms with van der Waals surface area (Å²) in [6.45, 7) is 2.26. The van der Waals surface area contributed by atoms with Crippen molar-refractivity contribution in [1.82, 2.24) is 4.90 Å². The number of rotatable bonds is 4. The number of fused-ring (bicyclic) bond motifs is 2. The predicted octanol–water partition coefficient (Wildman–Crippen LogP) is 5.17. The van der Waals surface area contributed by atoms with Gasteiger partial charge in [-0.1, -0.05) is 66.7 Å². The molecule has 0 saturated carbocycles. The van der Waals surface area contributed by atoms with E-state index in [1.807, 2.05) is 77.7 Å². The normalized spacial score (nSPS) is 18.8. The minimum Gasteiger partial charge on any atom is -0.326 e. The molecule has 0 radical (unpaired) electrons. The highest BCUT2D eigenvalue weighted by atomic mass is 16.2. The fraction of sp³-hybridized carbons (Fsp3) is 0.188. The summed E-state index contributed by atoms with van der Waals surface area (Å²) in [6.07, 6.45) is 0.882. The summed E-state index contributed by atoms with van der Waals surface area (Å²) in [5.41, 5.74) is 12.0. The maximum Gasteiger partial charge on any atom is 0.258 e. The molecule has 2 aliphatic heterocycles. The van der Waals surface area contributed by atoms with Crippen LogP contribution in [0.15, 0.2) is 103 Å². The summed E-state index contributed by atoms with van der Waals surface area (Å²) in [5, 5.41) is 2.99. The van der Waals surface area contributed by atoms with Crippen molar-refractivity contribution in [3.8, 4) is 11.1 Å². The zero-order valence-corrected chi connectivity index (χ0v) is 21.1. The van der Waals surface area contributed by atoms with Gasteiger partial charge in [0.1, 0.15) is 0 Å². The molecule has 6 nitrogen and oxygen atoms in total. The molecule has 0 aliphatic carbocycles. The van der Waals surface area contributed by atoms with Crippen molar-refractivity contribution >= 4 is 23.2 Å². The van der Waals surface area contributed by atoms with Crippen molar-refractivity contribution in [2.24, 2.45) is 5.73 Å². The van der Waals surface area contributed by atoms with Crippen LogP contribution >= 0.6 is 0 Å². The lowest BCUT2D eigenvalue weighted by molar-refractivity contribution is 0.0980. The first-order chi connectivity index (χ1) is 18.6. The van der Waals surface area contributed by atoms with Crippen molar-refractivity contribution in [3.63, 3.8) is 0 Å². The average Bonchev–Trinajstić information content (AvgIpc) is 3.23. The molecule has 2 heterocycles. The van der Waals surface area contributed by atoms with E-state index < -0.39 is 0 Å². The van der Waals surface area contributed by atoms with E-state index in [1.165, 1.54) is 0 Å². The van der Waals surface area contributed by atoms with Crippen LogP contribution in [-0.4, -0.2) is 41.9 Å². The second-order valence-corrected chi connectivity index (χ2v) is 10.1. The van der Waals surface area contributed by atoms with Crippen molar-refractivity contribution in [1.29, 1.82) is 0 Å². The minimum atomic E-state index is -0.192. The number of carbonyl (C=O) groups excluding carboxylic acids is 2. The summed E-state index contributed by atoms with van der Waals surface area (Å²) < 4.78 is 0. The highest BCUT2D eigenvalue weighted by Gasteiger charge is 2.36. The molecule has 1 fully saturated rings. The van der Waals surface area contributed by atoms with Gasteiger partial charge >= 0.3 is 0 Å². The highest BCUT2D eigenvalue weighted by Crippen LogP contribution is 2.32. The molecular formula is C32H30N4O2. The monoisotopic (exact) mass is 502 g/mol. The van der Waals surface area contributed by atoms with E-state index in [0.29, 0.717) is 23.4 Å². The average molecular weight is 503 g/mol. The molecule has 2 atom stereocenters. The van der Waals surface area contributed by atoms with E-state index in [9.17, 15) is 9.59 Å². The van der Waals surface area contributed by atoms with Crippen LogP contribution in [0, 0.1) is 0 Å². The molecule has 0 bridgehead atoms. The molecule has 1 saturated heterocycles. The zero-order chi connectivity index (χ0) is 26.1. The molecule has 0 aromatic heterocycles. The van der Waals surface area contributed by atoms with Crippen LogP contribution in [0.4, 0.5) is 11.4 Å². The van der Waals surface area contributed by atoms with Gasteiger partial charge in [0.05, 0.1) is 0 Å². The van der Waals surface area contributed by atoms with Gasteiger partial charge in [-0.15, -0.1) is 0 Å². The maximum absolute atomic E-state index is 13.7. The molecule has 4 aromatic carbocycles. The largest absolute Gasteiger partial charge is 0.326 e. The Bertz CT molecular complexity index is 1470. The van der Waals surface area contributed by atoms with Gasteiger partial charge in [0.25, 0.3) is 11.8 Å². The number of benzene rings is 4. The van der Waals surface area contributed by atoms with Crippen molar-refractivity contribution in [2.75, 3.05) is 23.3 Å². The van der Waals surface area contributed by atoms with Crippen molar-refractivity contribution in [3.05, 3.63) is 120 Å². The lowest BCUT2D eigenvalue weighted by Crippen LogP contribution is -2.40. The van der Waals surface area contributed by atoms with Crippen LogP contribution < -0.4 is 16.0 Å². The van der Waals surface area contributed by atoms with Gasteiger partial charge in [-0.3, -0.25) is 14.5 Å². The van der Waals surface area contributed by atoms with Gasteiger partial charge in [0, 0.05) is 54.2 Å². The minimum absolute atomic E-state index is 0.0490. The van der Waals surface area contributed by atoms with Gasteiger partial charge in [-0.25, -0.2) is 0 Å². The Kier molecular flexibility index (Phi) is 6.50. The Morgan fingerprint density at radius 1 is 0.789 bits per heavy atom. The van der Waals surface area contributed by atoms with Gasteiger partial charge in [0.2, 0.25) is 0 Å². The molecule has 6 rings (SSSR count).